The third-order valence-electron chi connectivity index (χ3n) is 6.55. The smallest absolute Gasteiger partial charge is 0.166 e. The molecule has 0 heterocycles. The molecule has 2 heteroatoms. The molecule has 32 heavy (non-hydrogen) atoms. The van der Waals surface area contributed by atoms with Crippen LogP contribution in [0.2, 0.25) is 0 Å². The summed E-state index contributed by atoms with van der Waals surface area (Å²) in [6.07, 6.45) is 8.43. The van der Waals surface area contributed by atoms with Crippen molar-refractivity contribution in [3.8, 4) is 22.3 Å². The number of unbranched alkanes of at least 4 members (excludes halogenated alkanes) is 2. The molecule has 0 aromatic heterocycles. The van der Waals surface area contributed by atoms with E-state index in [2.05, 4.69) is 45.0 Å². The summed E-state index contributed by atoms with van der Waals surface area (Å²) in [6, 6.07) is 19.9. The topological polar surface area (TPSA) is 0 Å². The van der Waals surface area contributed by atoms with Crippen LogP contribution in [-0.4, -0.2) is 0 Å². The molecule has 3 aromatic carbocycles. The van der Waals surface area contributed by atoms with Gasteiger partial charge in [0.25, 0.3) is 0 Å². The standard InChI is InChI=1S/C30H36F2/c1-4-6-7-11-27-20-21-28(30(32)29(27)31)26-18-16-25(17-19-26)24-14-12-23(13-15-24)10-8-9-22(3)5-2/h12-22H,4-11H2,1-3H3. The Labute approximate surface area is 192 Å². The molecule has 0 aliphatic heterocycles. The monoisotopic (exact) mass is 434 g/mol. The number of rotatable bonds is 11. The molecule has 3 aromatic rings. The summed E-state index contributed by atoms with van der Waals surface area (Å²) in [5, 5.41) is 0. The van der Waals surface area contributed by atoms with Crippen LogP contribution in [0, 0.1) is 17.6 Å². The average Bonchev–Trinajstić information content (AvgIpc) is 2.82. The Hall–Kier alpha value is -2.48. The van der Waals surface area contributed by atoms with E-state index in [0.717, 1.165) is 42.7 Å². The molecule has 1 atom stereocenters. The Kier molecular flexibility index (Phi) is 9.02. The predicted octanol–water partition coefficient (Wildman–Crippen LogP) is 9.40. The highest BCUT2D eigenvalue weighted by Crippen LogP contribution is 2.30. The molecule has 0 saturated heterocycles. The normalized spacial score (nSPS) is 12.2. The van der Waals surface area contributed by atoms with E-state index in [1.54, 1.807) is 12.1 Å². The highest BCUT2D eigenvalue weighted by molar-refractivity contribution is 5.71. The Morgan fingerprint density at radius 3 is 1.91 bits per heavy atom. The van der Waals surface area contributed by atoms with Gasteiger partial charge in [-0.25, -0.2) is 8.78 Å². The average molecular weight is 435 g/mol. The predicted molar refractivity (Wildman–Crippen MR) is 133 cm³/mol. The van der Waals surface area contributed by atoms with E-state index in [9.17, 15) is 8.78 Å². The van der Waals surface area contributed by atoms with E-state index >= 15 is 0 Å². The summed E-state index contributed by atoms with van der Waals surface area (Å²) in [5.41, 5.74) is 5.08. The minimum Gasteiger partial charge on any atom is -0.203 e. The van der Waals surface area contributed by atoms with Gasteiger partial charge in [0.2, 0.25) is 0 Å². The number of benzene rings is 3. The first-order valence-corrected chi connectivity index (χ1v) is 12.2. The summed E-state index contributed by atoms with van der Waals surface area (Å²) in [5.74, 6) is -0.650. The lowest BCUT2D eigenvalue weighted by molar-refractivity contribution is 0.496. The van der Waals surface area contributed by atoms with Crippen LogP contribution in [0.4, 0.5) is 8.78 Å². The van der Waals surface area contributed by atoms with Crippen LogP contribution >= 0.6 is 0 Å². The van der Waals surface area contributed by atoms with Gasteiger partial charge in [-0.3, -0.25) is 0 Å². The van der Waals surface area contributed by atoms with Gasteiger partial charge >= 0.3 is 0 Å². The number of halogens is 2. The van der Waals surface area contributed by atoms with Crippen LogP contribution in [0.3, 0.4) is 0 Å². The third kappa shape index (κ3) is 6.28. The summed E-state index contributed by atoms with van der Waals surface area (Å²) in [6.45, 7) is 6.67. The summed E-state index contributed by atoms with van der Waals surface area (Å²) in [7, 11) is 0. The molecular weight excluding hydrogens is 398 g/mol. The Morgan fingerprint density at radius 2 is 1.28 bits per heavy atom. The number of hydrogen-bond donors (Lipinski definition) is 0. The van der Waals surface area contributed by atoms with Crippen molar-refractivity contribution in [2.45, 2.75) is 72.1 Å². The van der Waals surface area contributed by atoms with Gasteiger partial charge in [0.15, 0.2) is 11.6 Å². The van der Waals surface area contributed by atoms with Crippen LogP contribution in [-0.2, 0) is 12.8 Å². The minimum atomic E-state index is -0.742. The van der Waals surface area contributed by atoms with E-state index in [1.165, 1.54) is 24.8 Å². The molecule has 1 unspecified atom stereocenters. The molecule has 0 aliphatic rings. The summed E-state index contributed by atoms with van der Waals surface area (Å²) >= 11 is 0. The van der Waals surface area contributed by atoms with E-state index < -0.39 is 11.6 Å². The molecule has 0 amide bonds. The second-order valence-corrected chi connectivity index (χ2v) is 9.04. The first-order valence-electron chi connectivity index (χ1n) is 12.2. The van der Waals surface area contributed by atoms with Crippen molar-refractivity contribution in [1.82, 2.24) is 0 Å². The van der Waals surface area contributed by atoms with Gasteiger partial charge in [-0.15, -0.1) is 0 Å². The van der Waals surface area contributed by atoms with Crippen molar-refractivity contribution in [3.63, 3.8) is 0 Å². The lowest BCUT2D eigenvalue weighted by atomic mass is 9.96. The Balaban J connectivity index is 1.68. The van der Waals surface area contributed by atoms with E-state index in [1.807, 2.05) is 24.3 Å². The van der Waals surface area contributed by atoms with E-state index in [-0.39, 0.29) is 0 Å². The first kappa shape index (κ1) is 24.2. The molecule has 0 bridgehead atoms. The van der Waals surface area contributed by atoms with Gasteiger partial charge in [0.1, 0.15) is 0 Å². The minimum absolute atomic E-state index is 0.324. The Bertz CT molecular complexity index is 971. The van der Waals surface area contributed by atoms with Crippen molar-refractivity contribution in [3.05, 3.63) is 83.4 Å². The SMILES string of the molecule is CCCCCc1ccc(-c2ccc(-c3ccc(CCCC(C)CC)cc3)cc2)c(F)c1F. The van der Waals surface area contributed by atoms with Crippen LogP contribution in [0.1, 0.15) is 70.4 Å². The van der Waals surface area contributed by atoms with Gasteiger partial charge in [-0.2, -0.15) is 0 Å². The quantitative estimate of drug-likeness (QED) is 0.264. The van der Waals surface area contributed by atoms with Crippen molar-refractivity contribution < 1.29 is 8.78 Å². The van der Waals surface area contributed by atoms with Crippen LogP contribution in [0.25, 0.3) is 22.3 Å². The molecule has 0 aliphatic carbocycles. The summed E-state index contributed by atoms with van der Waals surface area (Å²) < 4.78 is 29.3. The zero-order valence-electron chi connectivity index (χ0n) is 19.8. The maximum atomic E-state index is 14.7. The fraction of sp³-hybridized carbons (Fsp3) is 0.400. The highest BCUT2D eigenvalue weighted by atomic mass is 19.2. The molecular formula is C30H36F2. The maximum Gasteiger partial charge on any atom is 0.166 e. The molecule has 170 valence electrons. The second kappa shape index (κ2) is 11.9. The van der Waals surface area contributed by atoms with E-state index in [4.69, 9.17) is 0 Å². The van der Waals surface area contributed by atoms with Crippen molar-refractivity contribution >= 4 is 0 Å². The van der Waals surface area contributed by atoms with Crippen LogP contribution in [0.15, 0.2) is 60.7 Å². The fourth-order valence-electron chi connectivity index (χ4n) is 4.14. The Morgan fingerprint density at radius 1 is 0.656 bits per heavy atom. The molecule has 0 nitrogen and oxygen atoms in total. The molecule has 0 radical (unpaired) electrons. The third-order valence-corrected chi connectivity index (χ3v) is 6.55. The largest absolute Gasteiger partial charge is 0.203 e. The van der Waals surface area contributed by atoms with Gasteiger partial charge in [0, 0.05) is 5.56 Å². The van der Waals surface area contributed by atoms with Gasteiger partial charge in [-0.05, 0) is 59.4 Å². The van der Waals surface area contributed by atoms with Crippen molar-refractivity contribution in [1.29, 1.82) is 0 Å². The fourth-order valence-corrected chi connectivity index (χ4v) is 4.14. The first-order chi connectivity index (χ1) is 15.5. The lowest BCUT2D eigenvalue weighted by Crippen LogP contribution is -1.97. The van der Waals surface area contributed by atoms with Gasteiger partial charge in [-0.1, -0.05) is 107 Å². The van der Waals surface area contributed by atoms with Crippen LogP contribution in [0.5, 0.6) is 0 Å². The zero-order valence-corrected chi connectivity index (χ0v) is 19.8. The molecule has 0 saturated carbocycles. The van der Waals surface area contributed by atoms with E-state index in [0.29, 0.717) is 23.1 Å². The van der Waals surface area contributed by atoms with Crippen molar-refractivity contribution in [2.75, 3.05) is 0 Å². The van der Waals surface area contributed by atoms with Gasteiger partial charge < -0.3 is 0 Å². The zero-order chi connectivity index (χ0) is 22.9. The molecule has 0 fully saturated rings. The highest BCUT2D eigenvalue weighted by Gasteiger charge is 2.14. The summed E-state index contributed by atoms with van der Waals surface area (Å²) in [4.78, 5) is 0. The van der Waals surface area contributed by atoms with Crippen LogP contribution < -0.4 is 0 Å². The number of hydrogen-bond acceptors (Lipinski definition) is 0. The lowest BCUT2D eigenvalue weighted by Gasteiger charge is -2.10. The molecule has 0 N–H and O–H groups in total. The second-order valence-electron chi connectivity index (χ2n) is 9.04. The van der Waals surface area contributed by atoms with Gasteiger partial charge in [0.05, 0.1) is 0 Å². The number of aryl methyl sites for hydroxylation is 2. The molecule has 0 spiro atoms. The molecule has 3 rings (SSSR count). The van der Waals surface area contributed by atoms with Crippen molar-refractivity contribution in [2.24, 2.45) is 5.92 Å². The maximum absolute atomic E-state index is 14.7.